The van der Waals surface area contributed by atoms with Gasteiger partial charge in [-0.1, -0.05) is 72.2 Å². The van der Waals surface area contributed by atoms with Gasteiger partial charge in [0.25, 0.3) is 0 Å². The van der Waals surface area contributed by atoms with Crippen molar-refractivity contribution in [3.63, 3.8) is 0 Å². The summed E-state index contributed by atoms with van der Waals surface area (Å²) in [6, 6.07) is 11.4. The van der Waals surface area contributed by atoms with Crippen LogP contribution in [0.2, 0.25) is 0 Å². The standard InChI is InChI=1S/C26H38O4/c1-10-25(6,7)17-26(8,24(3,4)5)23(27)30-22-16-12-13-19-20(22)14-11-15-21(19)29-18(2)28-9/h11-16,18H,10,17H2,1-9H3. The first-order valence-corrected chi connectivity index (χ1v) is 10.8. The number of methoxy groups -OCH3 is 1. The molecule has 0 aliphatic heterocycles. The quantitative estimate of drug-likeness (QED) is 0.265. The predicted molar refractivity (Wildman–Crippen MR) is 123 cm³/mol. The first-order valence-electron chi connectivity index (χ1n) is 10.8. The van der Waals surface area contributed by atoms with Crippen LogP contribution in [0.25, 0.3) is 10.8 Å². The molecule has 2 aromatic rings. The number of fused-ring (bicyclic) bond motifs is 1. The summed E-state index contributed by atoms with van der Waals surface area (Å²) < 4.78 is 17.2. The van der Waals surface area contributed by atoms with Crippen LogP contribution in [0, 0.1) is 16.2 Å². The van der Waals surface area contributed by atoms with Crippen LogP contribution in [0.15, 0.2) is 36.4 Å². The van der Waals surface area contributed by atoms with Crippen LogP contribution < -0.4 is 9.47 Å². The average Bonchev–Trinajstić information content (AvgIpc) is 2.67. The van der Waals surface area contributed by atoms with Gasteiger partial charge in [-0.05, 0) is 43.2 Å². The van der Waals surface area contributed by atoms with E-state index in [4.69, 9.17) is 14.2 Å². The third-order valence-electron chi connectivity index (χ3n) is 6.56. The summed E-state index contributed by atoms with van der Waals surface area (Å²) in [5.74, 6) is 1.06. The van der Waals surface area contributed by atoms with Gasteiger partial charge in [-0.25, -0.2) is 0 Å². The fraction of sp³-hybridized carbons (Fsp3) is 0.577. The minimum atomic E-state index is -0.632. The molecule has 2 atom stereocenters. The molecule has 30 heavy (non-hydrogen) atoms. The lowest BCUT2D eigenvalue weighted by Crippen LogP contribution is -2.45. The maximum Gasteiger partial charge on any atom is 0.317 e. The van der Waals surface area contributed by atoms with Gasteiger partial charge in [0.1, 0.15) is 11.5 Å². The molecule has 4 nitrogen and oxygen atoms in total. The van der Waals surface area contributed by atoms with E-state index in [1.165, 1.54) is 0 Å². The summed E-state index contributed by atoms with van der Waals surface area (Å²) in [4.78, 5) is 13.6. The van der Waals surface area contributed by atoms with Crippen molar-refractivity contribution in [1.29, 1.82) is 0 Å². The van der Waals surface area contributed by atoms with E-state index in [0.29, 0.717) is 11.5 Å². The normalized spacial score (nSPS) is 15.5. The highest BCUT2D eigenvalue weighted by Crippen LogP contribution is 2.49. The first-order chi connectivity index (χ1) is 13.8. The molecule has 0 heterocycles. The summed E-state index contributed by atoms with van der Waals surface area (Å²) >= 11 is 0. The molecule has 0 spiro atoms. The van der Waals surface area contributed by atoms with Crippen molar-refractivity contribution in [3.05, 3.63) is 36.4 Å². The topological polar surface area (TPSA) is 44.8 Å². The van der Waals surface area contributed by atoms with Crippen LogP contribution in [0.4, 0.5) is 0 Å². The van der Waals surface area contributed by atoms with Gasteiger partial charge < -0.3 is 14.2 Å². The van der Waals surface area contributed by atoms with E-state index < -0.39 is 5.41 Å². The van der Waals surface area contributed by atoms with Crippen molar-refractivity contribution in [3.8, 4) is 11.5 Å². The number of carbonyl (C=O) groups excluding carboxylic acids is 1. The molecule has 0 bridgehead atoms. The van der Waals surface area contributed by atoms with Gasteiger partial charge in [-0.15, -0.1) is 0 Å². The Morgan fingerprint density at radius 2 is 1.47 bits per heavy atom. The van der Waals surface area contributed by atoms with Crippen molar-refractivity contribution < 1.29 is 19.0 Å². The third kappa shape index (κ3) is 5.15. The lowest BCUT2D eigenvalue weighted by Gasteiger charge is -2.44. The van der Waals surface area contributed by atoms with Crippen molar-refractivity contribution in [2.45, 2.75) is 74.5 Å². The molecule has 0 radical (unpaired) electrons. The van der Waals surface area contributed by atoms with Crippen LogP contribution in [-0.2, 0) is 9.53 Å². The zero-order valence-corrected chi connectivity index (χ0v) is 20.1. The Balaban J connectivity index is 2.45. The summed E-state index contributed by atoms with van der Waals surface area (Å²) in [7, 11) is 1.61. The monoisotopic (exact) mass is 414 g/mol. The fourth-order valence-corrected chi connectivity index (χ4v) is 3.61. The van der Waals surface area contributed by atoms with Crippen LogP contribution in [0.1, 0.15) is 68.2 Å². The van der Waals surface area contributed by atoms with E-state index in [1.54, 1.807) is 7.11 Å². The van der Waals surface area contributed by atoms with Gasteiger partial charge in [0.2, 0.25) is 0 Å². The molecule has 4 heteroatoms. The highest BCUT2D eigenvalue weighted by atomic mass is 16.7. The smallest absolute Gasteiger partial charge is 0.317 e. The summed E-state index contributed by atoms with van der Waals surface area (Å²) in [6.07, 6.45) is 1.38. The number of carbonyl (C=O) groups is 1. The van der Waals surface area contributed by atoms with Crippen LogP contribution in [0.5, 0.6) is 11.5 Å². The van der Waals surface area contributed by atoms with E-state index in [2.05, 4.69) is 41.5 Å². The predicted octanol–water partition coefficient (Wildman–Crippen LogP) is 7.00. The highest BCUT2D eigenvalue weighted by Gasteiger charge is 2.48. The first kappa shape index (κ1) is 24.2. The second kappa shape index (κ2) is 8.97. The van der Waals surface area contributed by atoms with Gasteiger partial charge in [0.15, 0.2) is 6.29 Å². The minimum absolute atomic E-state index is 0.0388. The SMILES string of the molecule is CCC(C)(C)CC(C)(C(=O)Oc1cccc2c(OC(C)OC)cccc12)C(C)(C)C. The number of hydrogen-bond donors (Lipinski definition) is 0. The molecule has 0 aliphatic rings. The molecule has 0 fully saturated rings. The average molecular weight is 415 g/mol. The van der Waals surface area contributed by atoms with E-state index in [0.717, 1.165) is 23.6 Å². The number of rotatable bonds is 8. The van der Waals surface area contributed by atoms with Gasteiger partial charge >= 0.3 is 5.97 Å². The molecule has 0 aromatic heterocycles. The molecule has 0 saturated carbocycles. The zero-order valence-electron chi connectivity index (χ0n) is 20.1. The molecule has 0 amide bonds. The van der Waals surface area contributed by atoms with Crippen LogP contribution in [0.3, 0.4) is 0 Å². The Kier molecular flexibility index (Phi) is 7.24. The van der Waals surface area contributed by atoms with E-state index in [9.17, 15) is 4.79 Å². The molecule has 166 valence electrons. The Labute approximate surface area is 181 Å². The lowest BCUT2D eigenvalue weighted by atomic mass is 9.60. The van der Waals surface area contributed by atoms with E-state index >= 15 is 0 Å². The van der Waals surface area contributed by atoms with E-state index in [1.807, 2.05) is 50.2 Å². The zero-order chi connectivity index (χ0) is 22.7. The van der Waals surface area contributed by atoms with Crippen molar-refractivity contribution in [2.24, 2.45) is 16.2 Å². The van der Waals surface area contributed by atoms with Gasteiger partial charge in [-0.2, -0.15) is 0 Å². The number of esters is 1. The largest absolute Gasteiger partial charge is 0.465 e. The molecule has 0 saturated heterocycles. The fourth-order valence-electron chi connectivity index (χ4n) is 3.61. The van der Waals surface area contributed by atoms with Gasteiger partial charge in [-0.3, -0.25) is 4.79 Å². The Morgan fingerprint density at radius 1 is 0.933 bits per heavy atom. The van der Waals surface area contributed by atoms with Crippen LogP contribution >= 0.6 is 0 Å². The molecular formula is C26H38O4. The maximum absolute atomic E-state index is 13.6. The van der Waals surface area contributed by atoms with Crippen LogP contribution in [-0.4, -0.2) is 19.4 Å². The molecule has 0 aliphatic carbocycles. The molecule has 2 rings (SSSR count). The van der Waals surface area contributed by atoms with Gasteiger partial charge in [0.05, 0.1) is 5.41 Å². The Bertz CT molecular complexity index is 878. The Morgan fingerprint density at radius 3 is 1.97 bits per heavy atom. The van der Waals surface area contributed by atoms with Gasteiger partial charge in [0, 0.05) is 17.9 Å². The second-order valence-electron chi connectivity index (χ2n) is 10.2. The molecule has 2 aromatic carbocycles. The maximum atomic E-state index is 13.6. The molecule has 0 N–H and O–H groups in total. The summed E-state index contributed by atoms with van der Waals surface area (Å²) in [6.45, 7) is 16.8. The Hall–Kier alpha value is -2.07. The summed E-state index contributed by atoms with van der Waals surface area (Å²) in [5.41, 5.74) is -0.840. The molecular weight excluding hydrogens is 376 g/mol. The third-order valence-corrected chi connectivity index (χ3v) is 6.56. The number of ether oxygens (including phenoxy) is 3. The van der Waals surface area contributed by atoms with E-state index in [-0.39, 0.29) is 23.1 Å². The number of benzene rings is 2. The van der Waals surface area contributed by atoms with Crippen molar-refractivity contribution in [1.82, 2.24) is 0 Å². The minimum Gasteiger partial charge on any atom is -0.465 e. The second-order valence-corrected chi connectivity index (χ2v) is 10.2. The summed E-state index contributed by atoms with van der Waals surface area (Å²) in [5, 5.41) is 1.73. The molecule has 2 unspecified atom stereocenters. The number of hydrogen-bond acceptors (Lipinski definition) is 4. The van der Waals surface area contributed by atoms with Crippen molar-refractivity contribution >= 4 is 16.7 Å². The lowest BCUT2D eigenvalue weighted by molar-refractivity contribution is -0.154. The van der Waals surface area contributed by atoms with Crippen molar-refractivity contribution in [2.75, 3.05) is 7.11 Å². The highest BCUT2D eigenvalue weighted by molar-refractivity contribution is 5.95.